The maximum Gasteiger partial charge on any atom is 0.142 e. The molecule has 2 N–H and O–H groups in total. The Hall–Kier alpha value is -1.19. The third-order valence-electron chi connectivity index (χ3n) is 3.45. The number of benzene rings is 2. The molecule has 0 fully saturated rings. The van der Waals surface area contributed by atoms with Gasteiger partial charge in [-0.25, -0.2) is 4.39 Å². The largest absolute Gasteiger partial charge is 0.320 e. The quantitative estimate of drug-likeness (QED) is 0.826. The van der Waals surface area contributed by atoms with Gasteiger partial charge < -0.3 is 5.73 Å². The first kappa shape index (κ1) is 15.2. The predicted molar refractivity (Wildman–Crippen MR) is 85.3 cm³/mol. The molecule has 2 aromatic rings. The molecule has 106 valence electrons. The van der Waals surface area contributed by atoms with E-state index in [2.05, 4.69) is 48.8 Å². The molecule has 1 unspecified atom stereocenters. The summed E-state index contributed by atoms with van der Waals surface area (Å²) in [4.78, 5) is 0. The third kappa shape index (κ3) is 3.10. The van der Waals surface area contributed by atoms with Gasteiger partial charge in [-0.1, -0.05) is 57.2 Å². The zero-order valence-electron chi connectivity index (χ0n) is 12.0. The molecule has 1 atom stereocenters. The lowest BCUT2D eigenvalue weighted by molar-refractivity contribution is 0.587. The summed E-state index contributed by atoms with van der Waals surface area (Å²) < 4.78 is 14.5. The van der Waals surface area contributed by atoms with Crippen LogP contribution in [-0.4, -0.2) is 0 Å². The molecule has 0 heterocycles. The molecule has 2 rings (SSSR count). The van der Waals surface area contributed by atoms with Gasteiger partial charge in [0.1, 0.15) is 5.82 Å². The van der Waals surface area contributed by atoms with Crippen LogP contribution in [0.1, 0.15) is 43.5 Å². The first-order valence-electron chi connectivity index (χ1n) is 6.60. The summed E-state index contributed by atoms with van der Waals surface area (Å²) in [5.74, 6) is -0.292. The van der Waals surface area contributed by atoms with Crippen molar-refractivity contribution in [3.8, 4) is 0 Å². The highest BCUT2D eigenvalue weighted by atomic mass is 79.9. The van der Waals surface area contributed by atoms with Crippen LogP contribution in [0.15, 0.2) is 46.9 Å². The van der Waals surface area contributed by atoms with Crippen molar-refractivity contribution in [3.05, 3.63) is 69.4 Å². The second-order valence-corrected chi connectivity index (χ2v) is 6.85. The fourth-order valence-electron chi connectivity index (χ4n) is 2.13. The minimum absolute atomic E-state index is 0.101. The molecule has 0 aliphatic heterocycles. The standard InChI is InChI=1S/C17H19BrFN/c1-17(2,3)12-9-7-11(8-10-12)16(20)13-5-4-6-14(18)15(13)19/h4-10,16H,20H2,1-3H3. The normalized spacial score (nSPS) is 13.3. The van der Waals surface area contributed by atoms with Gasteiger partial charge in [-0.2, -0.15) is 0 Å². The van der Waals surface area contributed by atoms with Crippen LogP contribution >= 0.6 is 15.9 Å². The van der Waals surface area contributed by atoms with Gasteiger partial charge in [0, 0.05) is 5.56 Å². The number of halogens is 2. The van der Waals surface area contributed by atoms with Gasteiger partial charge >= 0.3 is 0 Å². The molecular weight excluding hydrogens is 317 g/mol. The number of nitrogens with two attached hydrogens (primary N) is 1. The highest BCUT2D eigenvalue weighted by molar-refractivity contribution is 9.10. The van der Waals surface area contributed by atoms with E-state index in [4.69, 9.17) is 5.73 Å². The van der Waals surface area contributed by atoms with Gasteiger partial charge in [-0.3, -0.25) is 0 Å². The molecule has 0 radical (unpaired) electrons. The van der Waals surface area contributed by atoms with Crippen molar-refractivity contribution < 1.29 is 4.39 Å². The van der Waals surface area contributed by atoms with Crippen LogP contribution in [0.25, 0.3) is 0 Å². The Morgan fingerprint density at radius 2 is 1.65 bits per heavy atom. The van der Waals surface area contributed by atoms with Crippen LogP contribution < -0.4 is 5.73 Å². The molecule has 0 saturated carbocycles. The summed E-state index contributed by atoms with van der Waals surface area (Å²) in [5, 5.41) is 0. The fourth-order valence-corrected chi connectivity index (χ4v) is 2.51. The van der Waals surface area contributed by atoms with E-state index in [1.807, 2.05) is 12.1 Å². The number of hydrogen-bond acceptors (Lipinski definition) is 1. The van der Waals surface area contributed by atoms with E-state index in [0.29, 0.717) is 10.0 Å². The minimum atomic E-state index is -0.457. The number of hydrogen-bond donors (Lipinski definition) is 1. The summed E-state index contributed by atoms with van der Waals surface area (Å²) >= 11 is 3.19. The number of rotatable bonds is 2. The second kappa shape index (κ2) is 5.66. The van der Waals surface area contributed by atoms with E-state index in [-0.39, 0.29) is 11.2 Å². The van der Waals surface area contributed by atoms with Gasteiger partial charge in [0.15, 0.2) is 0 Å². The Morgan fingerprint density at radius 3 is 2.20 bits per heavy atom. The Morgan fingerprint density at radius 1 is 1.05 bits per heavy atom. The zero-order valence-corrected chi connectivity index (χ0v) is 13.5. The van der Waals surface area contributed by atoms with Crippen LogP contribution in [0.3, 0.4) is 0 Å². The molecule has 0 amide bonds. The summed E-state index contributed by atoms with van der Waals surface area (Å²) in [6.45, 7) is 6.49. The Balaban J connectivity index is 2.34. The summed E-state index contributed by atoms with van der Waals surface area (Å²) in [7, 11) is 0. The predicted octanol–water partition coefficient (Wildman–Crippen LogP) is 4.93. The first-order chi connectivity index (χ1) is 9.30. The van der Waals surface area contributed by atoms with Crippen molar-refractivity contribution >= 4 is 15.9 Å². The van der Waals surface area contributed by atoms with Crippen molar-refractivity contribution in [2.45, 2.75) is 32.2 Å². The minimum Gasteiger partial charge on any atom is -0.320 e. The topological polar surface area (TPSA) is 26.0 Å². The second-order valence-electron chi connectivity index (χ2n) is 5.99. The maximum atomic E-state index is 14.1. The van der Waals surface area contributed by atoms with E-state index in [1.165, 1.54) is 5.56 Å². The zero-order chi connectivity index (χ0) is 14.9. The van der Waals surface area contributed by atoms with Crippen molar-refractivity contribution in [1.82, 2.24) is 0 Å². The molecule has 0 aliphatic rings. The Kier molecular flexibility index (Phi) is 4.31. The highest BCUT2D eigenvalue weighted by Crippen LogP contribution is 2.28. The highest BCUT2D eigenvalue weighted by Gasteiger charge is 2.17. The fraction of sp³-hybridized carbons (Fsp3) is 0.294. The summed E-state index contributed by atoms with van der Waals surface area (Å²) in [5.41, 5.74) is 8.94. The maximum absolute atomic E-state index is 14.1. The monoisotopic (exact) mass is 335 g/mol. The molecule has 2 aromatic carbocycles. The van der Waals surface area contributed by atoms with E-state index in [9.17, 15) is 4.39 Å². The van der Waals surface area contributed by atoms with Crippen molar-refractivity contribution in [2.75, 3.05) is 0 Å². The Labute approximate surface area is 128 Å². The van der Waals surface area contributed by atoms with E-state index in [1.54, 1.807) is 18.2 Å². The molecule has 0 spiro atoms. The molecule has 0 saturated heterocycles. The van der Waals surface area contributed by atoms with Crippen LogP contribution in [0.2, 0.25) is 0 Å². The van der Waals surface area contributed by atoms with Crippen LogP contribution in [-0.2, 0) is 5.41 Å². The van der Waals surface area contributed by atoms with Crippen molar-refractivity contribution in [3.63, 3.8) is 0 Å². The molecule has 0 aromatic heterocycles. The summed E-state index contributed by atoms with van der Waals surface area (Å²) in [6, 6.07) is 12.8. The molecule has 0 aliphatic carbocycles. The van der Waals surface area contributed by atoms with Crippen molar-refractivity contribution in [2.24, 2.45) is 5.73 Å². The van der Waals surface area contributed by atoms with Gasteiger partial charge in [-0.05, 0) is 38.5 Å². The van der Waals surface area contributed by atoms with Crippen LogP contribution in [0, 0.1) is 5.82 Å². The SMILES string of the molecule is CC(C)(C)c1ccc(C(N)c2cccc(Br)c2F)cc1. The molecule has 1 nitrogen and oxygen atoms in total. The van der Waals surface area contributed by atoms with E-state index in [0.717, 1.165) is 5.56 Å². The van der Waals surface area contributed by atoms with Crippen LogP contribution in [0.4, 0.5) is 4.39 Å². The smallest absolute Gasteiger partial charge is 0.142 e. The van der Waals surface area contributed by atoms with E-state index >= 15 is 0 Å². The van der Waals surface area contributed by atoms with Gasteiger partial charge in [0.05, 0.1) is 10.5 Å². The average molecular weight is 336 g/mol. The van der Waals surface area contributed by atoms with E-state index < -0.39 is 6.04 Å². The third-order valence-corrected chi connectivity index (χ3v) is 4.06. The first-order valence-corrected chi connectivity index (χ1v) is 7.40. The lowest BCUT2D eigenvalue weighted by Gasteiger charge is -2.20. The van der Waals surface area contributed by atoms with Gasteiger partial charge in [0.2, 0.25) is 0 Å². The lowest BCUT2D eigenvalue weighted by Crippen LogP contribution is -2.15. The molecule has 0 bridgehead atoms. The van der Waals surface area contributed by atoms with Crippen molar-refractivity contribution in [1.29, 1.82) is 0 Å². The molecule has 3 heteroatoms. The van der Waals surface area contributed by atoms with Gasteiger partial charge in [-0.15, -0.1) is 0 Å². The average Bonchev–Trinajstić information content (AvgIpc) is 2.40. The van der Waals surface area contributed by atoms with Crippen LogP contribution in [0.5, 0.6) is 0 Å². The lowest BCUT2D eigenvalue weighted by atomic mass is 9.86. The molecular formula is C17H19BrFN. The molecule has 20 heavy (non-hydrogen) atoms. The van der Waals surface area contributed by atoms with Gasteiger partial charge in [0.25, 0.3) is 0 Å². The Bertz CT molecular complexity index is 599. The summed E-state index contributed by atoms with van der Waals surface area (Å²) in [6.07, 6.45) is 0.